The molecule has 0 radical (unpaired) electrons. The van der Waals surface area contributed by atoms with Crippen LogP contribution in [0.15, 0.2) is 22.8 Å². The first-order valence-corrected chi connectivity index (χ1v) is 2.06. The zero-order valence-electron chi connectivity index (χ0n) is 5.51. The van der Waals surface area contributed by atoms with Crippen LogP contribution in [0.4, 0.5) is 0 Å². The van der Waals surface area contributed by atoms with E-state index in [0.717, 1.165) is 0 Å². The SMILES string of the molecule is OCc1ccco1.[Al+3].[I-].[I-].[I-]. The van der Waals surface area contributed by atoms with Gasteiger partial charge in [0.2, 0.25) is 0 Å². The van der Waals surface area contributed by atoms with Gasteiger partial charge in [0.25, 0.3) is 0 Å². The molecule has 1 N–H and O–H groups in total. The van der Waals surface area contributed by atoms with Crippen molar-refractivity contribution in [2.45, 2.75) is 6.61 Å². The largest absolute Gasteiger partial charge is 3.00 e. The molecule has 1 heterocycles. The second kappa shape index (κ2) is 14.5. The fourth-order valence-corrected chi connectivity index (χ4v) is 0.403. The van der Waals surface area contributed by atoms with E-state index in [1.54, 1.807) is 12.1 Å². The Morgan fingerprint density at radius 2 is 1.82 bits per heavy atom. The van der Waals surface area contributed by atoms with Crippen molar-refractivity contribution in [3.05, 3.63) is 24.2 Å². The van der Waals surface area contributed by atoms with Crippen LogP contribution in [-0.2, 0) is 6.61 Å². The van der Waals surface area contributed by atoms with E-state index in [9.17, 15) is 0 Å². The molecule has 6 heteroatoms. The molecule has 0 amide bonds. The van der Waals surface area contributed by atoms with Gasteiger partial charge in [0.15, 0.2) is 0 Å². The van der Waals surface area contributed by atoms with Crippen molar-refractivity contribution >= 4 is 17.4 Å². The number of aliphatic hydroxyl groups is 1. The van der Waals surface area contributed by atoms with Gasteiger partial charge in [-0.3, -0.25) is 0 Å². The Morgan fingerprint density at radius 1 is 1.27 bits per heavy atom. The van der Waals surface area contributed by atoms with Gasteiger partial charge in [0.1, 0.15) is 12.4 Å². The predicted molar refractivity (Wildman–Crippen MR) is 30.4 cm³/mol. The van der Waals surface area contributed by atoms with Crippen LogP contribution in [0.3, 0.4) is 0 Å². The van der Waals surface area contributed by atoms with E-state index < -0.39 is 0 Å². The minimum absolute atomic E-state index is 0. The Bertz CT molecular complexity index is 134. The Hall–Kier alpha value is 1.96. The number of hydrogen-bond acceptors (Lipinski definition) is 2. The average molecular weight is 506 g/mol. The molecule has 2 nitrogen and oxygen atoms in total. The maximum absolute atomic E-state index is 8.33. The van der Waals surface area contributed by atoms with Crippen molar-refractivity contribution in [2.24, 2.45) is 0 Å². The summed E-state index contributed by atoms with van der Waals surface area (Å²) in [7, 11) is 0. The van der Waals surface area contributed by atoms with Crippen molar-refractivity contribution < 1.29 is 81.5 Å². The van der Waals surface area contributed by atoms with E-state index in [0.29, 0.717) is 5.76 Å². The summed E-state index contributed by atoms with van der Waals surface area (Å²) in [6, 6.07) is 3.46. The fraction of sp³-hybridized carbons (Fsp3) is 0.200. The summed E-state index contributed by atoms with van der Waals surface area (Å²) in [5, 5.41) is 8.33. The van der Waals surface area contributed by atoms with E-state index in [1.165, 1.54) is 6.26 Å². The van der Waals surface area contributed by atoms with Gasteiger partial charge in [-0.2, -0.15) is 0 Å². The smallest absolute Gasteiger partial charge is 1.00 e. The second-order valence-electron chi connectivity index (χ2n) is 1.24. The Balaban J connectivity index is -0.0000000612. The summed E-state index contributed by atoms with van der Waals surface area (Å²) in [6.45, 7) is -0.00694. The normalized spacial score (nSPS) is 5.91. The van der Waals surface area contributed by atoms with Gasteiger partial charge in [0, 0.05) is 0 Å². The molecular formula is C5H6AlI3O2. The third-order valence-corrected chi connectivity index (χ3v) is 0.736. The van der Waals surface area contributed by atoms with Crippen LogP contribution in [0.2, 0.25) is 0 Å². The van der Waals surface area contributed by atoms with Gasteiger partial charge in [0.05, 0.1) is 6.26 Å². The maximum Gasteiger partial charge on any atom is 3.00 e. The van der Waals surface area contributed by atoms with Crippen molar-refractivity contribution in [1.82, 2.24) is 0 Å². The van der Waals surface area contributed by atoms with Crippen LogP contribution in [0.25, 0.3) is 0 Å². The number of rotatable bonds is 1. The van der Waals surface area contributed by atoms with Gasteiger partial charge >= 0.3 is 17.4 Å². The first kappa shape index (κ1) is 23.1. The van der Waals surface area contributed by atoms with Crippen LogP contribution in [0.1, 0.15) is 5.76 Å². The van der Waals surface area contributed by atoms with Crippen LogP contribution in [0, 0.1) is 0 Å². The molecule has 62 valence electrons. The summed E-state index contributed by atoms with van der Waals surface area (Å²) < 4.78 is 4.73. The van der Waals surface area contributed by atoms with Crippen LogP contribution in [-0.4, -0.2) is 22.5 Å². The molecule has 11 heavy (non-hydrogen) atoms. The molecule has 1 rings (SSSR count). The van der Waals surface area contributed by atoms with Gasteiger partial charge in [-0.1, -0.05) is 0 Å². The van der Waals surface area contributed by atoms with E-state index >= 15 is 0 Å². The molecule has 1 aromatic rings. The van der Waals surface area contributed by atoms with E-state index in [4.69, 9.17) is 9.52 Å². The molecule has 0 saturated carbocycles. The van der Waals surface area contributed by atoms with Crippen molar-refractivity contribution in [3.63, 3.8) is 0 Å². The predicted octanol–water partition coefficient (Wildman–Crippen LogP) is -8.60. The van der Waals surface area contributed by atoms with Gasteiger partial charge in [-0.25, -0.2) is 0 Å². The molecule has 0 atom stereocenters. The fourth-order valence-electron chi connectivity index (χ4n) is 0.403. The topological polar surface area (TPSA) is 33.4 Å². The summed E-state index contributed by atoms with van der Waals surface area (Å²) in [5.41, 5.74) is 0. The molecule has 0 aromatic carbocycles. The quantitative estimate of drug-likeness (QED) is 0.304. The molecule has 0 aliphatic heterocycles. The number of hydrogen-bond donors (Lipinski definition) is 1. The third kappa shape index (κ3) is 9.88. The van der Waals surface area contributed by atoms with E-state index in [-0.39, 0.29) is 95.9 Å². The molecule has 0 unspecified atom stereocenters. The van der Waals surface area contributed by atoms with Gasteiger partial charge in [-0.05, 0) is 12.1 Å². The molecule has 0 aliphatic rings. The van der Waals surface area contributed by atoms with E-state index in [2.05, 4.69) is 0 Å². The van der Waals surface area contributed by atoms with Gasteiger partial charge < -0.3 is 81.5 Å². The zero-order valence-corrected chi connectivity index (χ0v) is 13.1. The van der Waals surface area contributed by atoms with Crippen LogP contribution in [0.5, 0.6) is 0 Å². The first-order valence-electron chi connectivity index (χ1n) is 2.06. The number of furan rings is 1. The molecule has 0 fully saturated rings. The molecule has 1 aromatic heterocycles. The Kier molecular flexibility index (Phi) is 30.4. The minimum atomic E-state index is -0.00694. The summed E-state index contributed by atoms with van der Waals surface area (Å²) in [5.74, 6) is 0.611. The second-order valence-corrected chi connectivity index (χ2v) is 1.24. The first-order chi connectivity index (χ1) is 3.43. The minimum Gasteiger partial charge on any atom is -1.00 e. The summed E-state index contributed by atoms with van der Waals surface area (Å²) in [6.07, 6.45) is 1.53. The molecule has 0 aliphatic carbocycles. The van der Waals surface area contributed by atoms with Crippen molar-refractivity contribution in [3.8, 4) is 0 Å². The monoisotopic (exact) mass is 506 g/mol. The van der Waals surface area contributed by atoms with E-state index in [1.807, 2.05) is 0 Å². The van der Waals surface area contributed by atoms with Crippen molar-refractivity contribution in [2.75, 3.05) is 0 Å². The van der Waals surface area contributed by atoms with Crippen LogP contribution < -0.4 is 71.9 Å². The third-order valence-electron chi connectivity index (χ3n) is 0.736. The average Bonchev–Trinajstić information content (AvgIpc) is 2.14. The summed E-state index contributed by atoms with van der Waals surface area (Å²) >= 11 is 0. The molecule has 0 spiro atoms. The van der Waals surface area contributed by atoms with Crippen LogP contribution >= 0.6 is 0 Å². The molecule has 0 bridgehead atoms. The zero-order chi connectivity index (χ0) is 5.11. The number of aliphatic hydroxyl groups excluding tert-OH is 1. The summed E-state index contributed by atoms with van der Waals surface area (Å²) in [4.78, 5) is 0. The molecular weight excluding hydrogens is 500 g/mol. The Morgan fingerprint density at radius 3 is 2.00 bits per heavy atom. The molecule has 0 saturated heterocycles. The van der Waals surface area contributed by atoms with Crippen molar-refractivity contribution in [1.29, 1.82) is 0 Å². The standard InChI is InChI=1S/C5H6O2.Al.3HI/c6-4-5-2-1-3-7-5;;;;/h1-3,6H,4H2;;3*1H/q;+3;;;/p-3. The van der Waals surface area contributed by atoms with Gasteiger partial charge in [-0.15, -0.1) is 0 Å². The Labute approximate surface area is 128 Å². The number of halogens is 3. The maximum atomic E-state index is 8.33.